The van der Waals surface area contributed by atoms with E-state index in [0.717, 1.165) is 140 Å². The number of phosphoric acid groups is 2. The highest BCUT2D eigenvalue weighted by Gasteiger charge is 2.30. The molecule has 0 amide bonds. The number of hydrogen-bond donors (Lipinski definition) is 3. The largest absolute Gasteiger partial charge is 0.472 e. The molecule has 0 heterocycles. The van der Waals surface area contributed by atoms with Crippen molar-refractivity contribution in [2.45, 2.75) is 407 Å². The molecule has 7 atom stereocenters. The van der Waals surface area contributed by atoms with Crippen LogP contribution in [0.15, 0.2) is 48.6 Å². The fourth-order valence-corrected chi connectivity index (χ4v) is 13.3. The van der Waals surface area contributed by atoms with E-state index in [-0.39, 0.29) is 25.7 Å². The zero-order valence-electron chi connectivity index (χ0n) is 65.9. The Kier molecular flexibility index (Phi) is 71.4. The quantitative estimate of drug-likeness (QED) is 0.0169. The lowest BCUT2D eigenvalue weighted by Crippen LogP contribution is -2.30. The van der Waals surface area contributed by atoms with Crippen LogP contribution in [0.3, 0.4) is 0 Å². The van der Waals surface area contributed by atoms with Crippen molar-refractivity contribution >= 4 is 39.5 Å². The Labute approximate surface area is 623 Å². The summed E-state index contributed by atoms with van der Waals surface area (Å²) in [4.78, 5) is 73.0. The van der Waals surface area contributed by atoms with E-state index in [2.05, 4.69) is 90.2 Å². The molecule has 19 heteroatoms. The SMILES string of the molecule is CCCCCC/C=C\C=C/CCCCCCCC(=O)OC[C@H](COP(=O)(O)OC[C@@H](O)COP(=O)(O)OC[C@@H](COC(=O)CCCCCCCCC(C)CC)OC(=O)CCCCCCC/C=C\C=C/CCCCCC)OC(=O)CCCCCCCCCCCCCCCCCCCCC(C)CC. The molecule has 0 rings (SSSR count). The van der Waals surface area contributed by atoms with E-state index in [4.69, 9.17) is 37.0 Å². The number of rotatable bonds is 78. The molecule has 0 aromatic heterocycles. The zero-order valence-corrected chi connectivity index (χ0v) is 67.7. The van der Waals surface area contributed by atoms with Gasteiger partial charge in [-0.15, -0.1) is 0 Å². The lowest BCUT2D eigenvalue weighted by molar-refractivity contribution is -0.161. The fraction of sp³-hybridized carbons (Fsp3) is 0.855. The topological polar surface area (TPSA) is 237 Å². The van der Waals surface area contributed by atoms with E-state index >= 15 is 0 Å². The highest BCUT2D eigenvalue weighted by atomic mass is 31.2. The molecule has 0 aromatic carbocycles. The minimum atomic E-state index is -4.97. The van der Waals surface area contributed by atoms with Crippen molar-refractivity contribution in [3.05, 3.63) is 48.6 Å². The van der Waals surface area contributed by atoms with Crippen molar-refractivity contribution < 1.29 is 80.2 Å². The number of aliphatic hydroxyl groups excluding tert-OH is 1. The van der Waals surface area contributed by atoms with Crippen molar-refractivity contribution in [3.63, 3.8) is 0 Å². The zero-order chi connectivity index (χ0) is 74.9. The smallest absolute Gasteiger partial charge is 0.462 e. The molecule has 0 spiro atoms. The van der Waals surface area contributed by atoms with Crippen molar-refractivity contribution in [2.24, 2.45) is 11.8 Å². The Morgan fingerprint density at radius 2 is 0.549 bits per heavy atom. The molecule has 0 aliphatic heterocycles. The van der Waals surface area contributed by atoms with E-state index in [1.807, 2.05) is 0 Å². The molecule has 17 nitrogen and oxygen atoms in total. The minimum Gasteiger partial charge on any atom is -0.462 e. The Morgan fingerprint density at radius 1 is 0.314 bits per heavy atom. The van der Waals surface area contributed by atoms with E-state index in [0.29, 0.717) is 25.7 Å². The van der Waals surface area contributed by atoms with Gasteiger partial charge in [-0.05, 0) is 88.9 Å². The summed E-state index contributed by atoms with van der Waals surface area (Å²) in [5, 5.41) is 10.6. The molecule has 598 valence electrons. The van der Waals surface area contributed by atoms with E-state index in [9.17, 15) is 43.2 Å². The maximum atomic E-state index is 13.1. The number of hydrogen-bond acceptors (Lipinski definition) is 15. The third-order valence-corrected chi connectivity index (χ3v) is 20.8. The second kappa shape index (κ2) is 73.5. The van der Waals surface area contributed by atoms with Gasteiger partial charge in [0, 0.05) is 25.7 Å². The van der Waals surface area contributed by atoms with Gasteiger partial charge in [0.15, 0.2) is 12.2 Å². The minimum absolute atomic E-state index is 0.0819. The summed E-state index contributed by atoms with van der Waals surface area (Å²) < 4.78 is 68.6. The van der Waals surface area contributed by atoms with Gasteiger partial charge in [0.05, 0.1) is 26.4 Å². The number of unbranched alkanes of at least 4 members (excludes halogenated alkanes) is 40. The molecule has 0 aromatic rings. The monoisotopic (exact) mass is 1490 g/mol. The van der Waals surface area contributed by atoms with Crippen LogP contribution in [0.4, 0.5) is 0 Å². The first kappa shape index (κ1) is 99.0. The normalized spacial score (nSPS) is 14.7. The summed E-state index contributed by atoms with van der Waals surface area (Å²) in [6.45, 7) is 9.53. The summed E-state index contributed by atoms with van der Waals surface area (Å²) in [6, 6.07) is 0. The summed E-state index contributed by atoms with van der Waals surface area (Å²) >= 11 is 0. The number of aliphatic hydroxyl groups is 1. The molecule has 3 N–H and O–H groups in total. The lowest BCUT2D eigenvalue weighted by Gasteiger charge is -2.21. The highest BCUT2D eigenvalue weighted by Crippen LogP contribution is 2.45. The predicted molar refractivity (Wildman–Crippen MR) is 418 cm³/mol. The Bertz CT molecular complexity index is 2150. The number of carbonyl (C=O) groups excluding carboxylic acids is 4. The van der Waals surface area contributed by atoms with Gasteiger partial charge in [-0.25, -0.2) is 9.13 Å². The molecule has 4 unspecified atom stereocenters. The Hall–Kier alpha value is -2.98. The van der Waals surface area contributed by atoms with Gasteiger partial charge in [0.2, 0.25) is 0 Å². The average molecular weight is 1490 g/mol. The summed E-state index contributed by atoms with van der Waals surface area (Å²) in [5.74, 6) is -0.576. The van der Waals surface area contributed by atoms with E-state index in [1.54, 1.807) is 0 Å². The van der Waals surface area contributed by atoms with Crippen LogP contribution >= 0.6 is 15.6 Å². The van der Waals surface area contributed by atoms with Gasteiger partial charge in [0.1, 0.15) is 19.3 Å². The molecular weight excluding hydrogens is 1330 g/mol. The second-order valence-electron chi connectivity index (χ2n) is 29.0. The number of ether oxygens (including phenoxy) is 4. The molecule has 0 fully saturated rings. The van der Waals surface area contributed by atoms with Crippen LogP contribution in [0.2, 0.25) is 0 Å². The summed E-state index contributed by atoms with van der Waals surface area (Å²) in [7, 11) is -9.95. The standard InChI is InChI=1S/C83H154O17P2/c1-7-11-13-15-17-19-21-23-29-34-38-42-46-53-59-65-80(85)93-71-78(99-82(87)67-62-56-48-44-40-36-32-28-26-25-27-31-33-37-41-45-51-57-63-75(5)9-3)73-97-101(89,90)95-69-77(84)70-96-102(91,92)98-74-79(72-94-81(86)66-60-54-50-49-52-58-64-76(6)10-4)100-83(88)68-61-55-47-43-39-35-30-24-22-20-18-16-14-12-8-2/h19-24,29-30,75-79,84H,7-18,25-28,31-74H2,1-6H3,(H,89,90)(H,91,92)/b21-19-,22-20-,29-23-,30-24-/t75?,76?,77-,78-,79-/m1/s1. The first-order valence-corrected chi connectivity index (χ1v) is 44.7. The first-order valence-electron chi connectivity index (χ1n) is 41.7. The molecule has 0 saturated carbocycles. The summed E-state index contributed by atoms with van der Waals surface area (Å²) in [6.07, 6.45) is 69.7. The van der Waals surface area contributed by atoms with Gasteiger partial charge < -0.3 is 33.8 Å². The maximum absolute atomic E-state index is 13.1. The molecule has 0 aliphatic carbocycles. The third-order valence-electron chi connectivity index (χ3n) is 18.9. The number of carbonyl (C=O) groups is 4. The molecule has 102 heavy (non-hydrogen) atoms. The molecular formula is C83H154O17P2. The van der Waals surface area contributed by atoms with Crippen LogP contribution in [-0.4, -0.2) is 96.7 Å². The van der Waals surface area contributed by atoms with Crippen molar-refractivity contribution in [1.82, 2.24) is 0 Å². The van der Waals surface area contributed by atoms with Crippen LogP contribution in [0.5, 0.6) is 0 Å². The summed E-state index contributed by atoms with van der Waals surface area (Å²) in [5.41, 5.74) is 0. The molecule has 0 aliphatic rings. The van der Waals surface area contributed by atoms with Crippen LogP contribution in [0, 0.1) is 11.8 Å². The molecule has 0 bridgehead atoms. The van der Waals surface area contributed by atoms with Crippen LogP contribution in [0.1, 0.15) is 388 Å². The predicted octanol–water partition coefficient (Wildman–Crippen LogP) is 24.2. The van der Waals surface area contributed by atoms with Gasteiger partial charge in [0.25, 0.3) is 0 Å². The third kappa shape index (κ3) is 72.6. The van der Waals surface area contributed by atoms with Crippen LogP contribution in [-0.2, 0) is 65.4 Å². The van der Waals surface area contributed by atoms with Gasteiger partial charge >= 0.3 is 39.5 Å². The number of phosphoric ester groups is 2. The van der Waals surface area contributed by atoms with Crippen LogP contribution < -0.4 is 0 Å². The van der Waals surface area contributed by atoms with Gasteiger partial charge in [-0.2, -0.15) is 0 Å². The average Bonchev–Trinajstić information content (AvgIpc) is 1.01. The molecule has 0 radical (unpaired) electrons. The maximum Gasteiger partial charge on any atom is 0.472 e. The number of allylic oxidation sites excluding steroid dienone is 8. The fourth-order valence-electron chi connectivity index (χ4n) is 11.7. The van der Waals surface area contributed by atoms with E-state index < -0.39 is 97.5 Å². The number of esters is 4. The second-order valence-corrected chi connectivity index (χ2v) is 31.9. The van der Waals surface area contributed by atoms with Gasteiger partial charge in [-0.3, -0.25) is 37.3 Å². The Balaban J connectivity index is 5.28. The van der Waals surface area contributed by atoms with Gasteiger partial charge in [-0.1, -0.05) is 334 Å². The molecule has 0 saturated heterocycles. The lowest BCUT2D eigenvalue weighted by atomic mass is 9.99. The van der Waals surface area contributed by atoms with Crippen molar-refractivity contribution in [1.29, 1.82) is 0 Å². The van der Waals surface area contributed by atoms with E-state index in [1.165, 1.54) is 167 Å². The highest BCUT2D eigenvalue weighted by molar-refractivity contribution is 7.47. The van der Waals surface area contributed by atoms with Crippen molar-refractivity contribution in [3.8, 4) is 0 Å². The first-order chi connectivity index (χ1) is 49.4. The Morgan fingerprint density at radius 3 is 0.824 bits per heavy atom. The van der Waals surface area contributed by atoms with Crippen molar-refractivity contribution in [2.75, 3.05) is 39.6 Å². The van der Waals surface area contributed by atoms with Crippen LogP contribution in [0.25, 0.3) is 0 Å².